The van der Waals surface area contributed by atoms with Crippen LogP contribution in [0.5, 0.6) is 0 Å². The Hall–Kier alpha value is -2.62. The van der Waals surface area contributed by atoms with Crippen LogP contribution in [-0.4, -0.2) is 24.5 Å². The number of anilines is 1. The molecule has 0 spiro atoms. The molecule has 9 heteroatoms. The third-order valence-corrected chi connectivity index (χ3v) is 7.14. The van der Waals surface area contributed by atoms with Crippen LogP contribution in [0.1, 0.15) is 45.6 Å². The maximum atomic E-state index is 12.7. The van der Waals surface area contributed by atoms with Crippen molar-refractivity contribution in [2.24, 2.45) is 0 Å². The lowest BCUT2D eigenvalue weighted by Crippen LogP contribution is -2.27. The van der Waals surface area contributed by atoms with Crippen LogP contribution in [0.15, 0.2) is 46.8 Å². The Morgan fingerprint density at radius 1 is 1.00 bits per heavy atom. The number of carbonyl (C=O) groups excluding carboxylic acids is 1. The molecule has 2 aromatic carbocycles. The Balaban J connectivity index is 1.72. The Bertz CT molecular complexity index is 1140. The zero-order valence-electron chi connectivity index (χ0n) is 16.6. The minimum Gasteiger partial charge on any atom is -0.296 e. The van der Waals surface area contributed by atoms with Gasteiger partial charge in [0.15, 0.2) is 0 Å². The number of aromatic nitrogens is 2. The molecule has 0 aliphatic heterocycles. The predicted octanol–water partition coefficient (Wildman–Crippen LogP) is 3.76. The number of hydrogen-bond acceptors (Lipinski definition) is 6. The second kappa shape index (κ2) is 8.40. The summed E-state index contributed by atoms with van der Waals surface area (Å²) >= 11 is 0.805. The van der Waals surface area contributed by atoms with Gasteiger partial charge in [0, 0.05) is 11.6 Å². The molecular weight excluding hydrogens is 408 g/mol. The highest BCUT2D eigenvalue weighted by Crippen LogP contribution is 2.24. The number of amides is 1. The number of hydrogen-bond donors (Lipinski definition) is 2. The van der Waals surface area contributed by atoms with E-state index in [9.17, 15) is 13.2 Å². The molecule has 0 saturated carbocycles. The van der Waals surface area contributed by atoms with E-state index in [0.29, 0.717) is 5.56 Å². The van der Waals surface area contributed by atoms with E-state index in [1.165, 1.54) is 0 Å². The van der Waals surface area contributed by atoms with Gasteiger partial charge in [-0.25, -0.2) is 13.1 Å². The zero-order chi connectivity index (χ0) is 21.2. The minimum absolute atomic E-state index is 0.120. The Morgan fingerprint density at radius 3 is 2.31 bits per heavy atom. The molecule has 0 fully saturated rings. The second-order valence-corrected chi connectivity index (χ2v) is 9.76. The van der Waals surface area contributed by atoms with Gasteiger partial charge in [-0.1, -0.05) is 52.8 Å². The zero-order valence-corrected chi connectivity index (χ0v) is 18.2. The third-order valence-electron chi connectivity index (χ3n) is 4.39. The van der Waals surface area contributed by atoms with Crippen molar-refractivity contribution in [1.29, 1.82) is 0 Å². The summed E-state index contributed by atoms with van der Waals surface area (Å²) in [7, 11) is -3.88. The monoisotopic (exact) mass is 430 g/mol. The van der Waals surface area contributed by atoms with Crippen molar-refractivity contribution in [2.75, 3.05) is 5.32 Å². The van der Waals surface area contributed by atoms with Crippen molar-refractivity contribution in [2.45, 2.75) is 38.1 Å². The molecule has 7 nitrogen and oxygen atoms in total. The van der Waals surface area contributed by atoms with Crippen molar-refractivity contribution in [1.82, 2.24) is 14.9 Å². The molecule has 0 bridgehead atoms. The molecule has 1 amide bonds. The number of aryl methyl sites for hydroxylation is 3. The first kappa shape index (κ1) is 21.1. The van der Waals surface area contributed by atoms with Crippen LogP contribution in [0.3, 0.4) is 0 Å². The molecule has 1 aromatic heterocycles. The van der Waals surface area contributed by atoms with Crippen LogP contribution < -0.4 is 10.0 Å². The van der Waals surface area contributed by atoms with Gasteiger partial charge in [0.1, 0.15) is 0 Å². The van der Waals surface area contributed by atoms with Crippen molar-refractivity contribution in [3.8, 4) is 0 Å². The molecule has 3 aromatic rings. The molecule has 1 heterocycles. The highest BCUT2D eigenvalue weighted by atomic mass is 32.2. The summed E-state index contributed by atoms with van der Waals surface area (Å²) in [6.45, 7) is 7.63. The molecule has 29 heavy (non-hydrogen) atoms. The van der Waals surface area contributed by atoms with Crippen LogP contribution in [0.25, 0.3) is 0 Å². The van der Waals surface area contributed by atoms with Crippen LogP contribution in [0.2, 0.25) is 0 Å². The van der Waals surface area contributed by atoms with E-state index in [4.69, 9.17) is 0 Å². The number of carbonyl (C=O) groups is 1. The van der Waals surface area contributed by atoms with E-state index < -0.39 is 16.1 Å². The first-order valence-corrected chi connectivity index (χ1v) is 11.3. The molecule has 2 N–H and O–H groups in total. The van der Waals surface area contributed by atoms with E-state index in [2.05, 4.69) is 20.2 Å². The Kier molecular flexibility index (Phi) is 6.11. The number of nitrogens with one attached hydrogen (secondary N) is 2. The molecule has 152 valence electrons. The summed E-state index contributed by atoms with van der Waals surface area (Å²) in [6.07, 6.45) is 0. The molecule has 0 radical (unpaired) electrons. The van der Waals surface area contributed by atoms with E-state index in [-0.39, 0.29) is 15.4 Å². The van der Waals surface area contributed by atoms with Crippen molar-refractivity contribution >= 4 is 32.4 Å². The van der Waals surface area contributed by atoms with Gasteiger partial charge in [0.05, 0.1) is 0 Å². The van der Waals surface area contributed by atoms with Gasteiger partial charge in [-0.05, 0) is 51.0 Å². The van der Waals surface area contributed by atoms with E-state index in [0.717, 1.165) is 33.6 Å². The lowest BCUT2D eigenvalue weighted by Gasteiger charge is -2.16. The summed E-state index contributed by atoms with van der Waals surface area (Å²) in [5.74, 6) is -0.373. The molecule has 0 aliphatic carbocycles. The topological polar surface area (TPSA) is 101 Å². The summed E-state index contributed by atoms with van der Waals surface area (Å²) < 4.78 is 27.8. The molecule has 0 saturated heterocycles. The van der Waals surface area contributed by atoms with Crippen molar-refractivity contribution < 1.29 is 13.2 Å². The van der Waals surface area contributed by atoms with Crippen LogP contribution in [0.4, 0.5) is 5.13 Å². The average molecular weight is 431 g/mol. The lowest BCUT2D eigenvalue weighted by atomic mass is 10.0. The van der Waals surface area contributed by atoms with Gasteiger partial charge in [0.2, 0.25) is 9.47 Å². The largest absolute Gasteiger partial charge is 0.296 e. The lowest BCUT2D eigenvalue weighted by molar-refractivity contribution is 0.102. The SMILES string of the molecule is Cc1ccc(C(=O)Nc2nnc(S(=O)(=O)NC(C)c3ccc(C)cc3C)s2)cc1. The molecular formula is C20H22N4O3S2. The highest BCUT2D eigenvalue weighted by Gasteiger charge is 2.24. The maximum Gasteiger partial charge on any atom is 0.270 e. The summed E-state index contributed by atoms with van der Waals surface area (Å²) in [5, 5.41) is 10.2. The maximum absolute atomic E-state index is 12.7. The highest BCUT2D eigenvalue weighted by molar-refractivity contribution is 7.91. The third kappa shape index (κ3) is 5.06. The molecule has 1 atom stereocenters. The average Bonchev–Trinajstić information content (AvgIpc) is 3.11. The predicted molar refractivity (Wildman–Crippen MR) is 114 cm³/mol. The molecule has 0 aliphatic rings. The number of nitrogens with zero attached hydrogens (tertiary/aromatic N) is 2. The summed E-state index contributed by atoms with van der Waals surface area (Å²) in [5.41, 5.74) is 4.49. The van der Waals surface area contributed by atoms with Crippen LogP contribution in [0, 0.1) is 20.8 Å². The standard InChI is InChI=1S/C20H22N4O3S2/c1-12-5-8-16(9-6-12)18(25)21-19-22-23-20(28-19)29(26,27)24-15(4)17-10-7-13(2)11-14(17)3/h5-11,15,24H,1-4H3,(H,21,22,25). The van der Waals surface area contributed by atoms with E-state index in [1.807, 2.05) is 51.1 Å². The first-order chi connectivity index (χ1) is 13.7. The van der Waals surface area contributed by atoms with Gasteiger partial charge in [0.25, 0.3) is 15.9 Å². The smallest absolute Gasteiger partial charge is 0.270 e. The Morgan fingerprint density at radius 2 is 1.66 bits per heavy atom. The second-order valence-electron chi connectivity index (χ2n) is 6.90. The van der Waals surface area contributed by atoms with Gasteiger partial charge < -0.3 is 0 Å². The van der Waals surface area contributed by atoms with Crippen LogP contribution >= 0.6 is 11.3 Å². The number of rotatable bonds is 6. The van der Waals surface area contributed by atoms with Gasteiger partial charge >= 0.3 is 0 Å². The molecule has 1 unspecified atom stereocenters. The van der Waals surface area contributed by atoms with Gasteiger partial charge in [-0.2, -0.15) is 0 Å². The normalized spacial score (nSPS) is 12.6. The summed E-state index contributed by atoms with van der Waals surface area (Å²) in [4.78, 5) is 12.3. The molecule has 3 rings (SSSR count). The van der Waals surface area contributed by atoms with Crippen molar-refractivity contribution in [3.05, 3.63) is 70.3 Å². The fourth-order valence-corrected chi connectivity index (χ4v) is 5.04. The van der Waals surface area contributed by atoms with Gasteiger partial charge in [-0.15, -0.1) is 10.2 Å². The first-order valence-electron chi connectivity index (χ1n) is 8.97. The van der Waals surface area contributed by atoms with E-state index in [1.54, 1.807) is 19.1 Å². The number of sulfonamides is 1. The van der Waals surface area contributed by atoms with Crippen LogP contribution in [-0.2, 0) is 10.0 Å². The minimum atomic E-state index is -3.88. The van der Waals surface area contributed by atoms with Gasteiger partial charge in [-0.3, -0.25) is 10.1 Å². The van der Waals surface area contributed by atoms with E-state index >= 15 is 0 Å². The fourth-order valence-electron chi connectivity index (χ4n) is 2.90. The number of benzene rings is 2. The fraction of sp³-hybridized carbons (Fsp3) is 0.250. The summed E-state index contributed by atoms with van der Waals surface area (Å²) in [6, 6.07) is 12.4. The van der Waals surface area contributed by atoms with Crippen molar-refractivity contribution in [3.63, 3.8) is 0 Å². The quantitative estimate of drug-likeness (QED) is 0.580. The Labute approximate surface area is 174 Å².